The predicted molar refractivity (Wildman–Crippen MR) is 233 cm³/mol. The number of halogens is 3. The Morgan fingerprint density at radius 2 is 1.68 bits per heavy atom. The quantitative estimate of drug-likeness (QED) is 0.116. The van der Waals surface area contributed by atoms with Crippen LogP contribution in [-0.4, -0.2) is 122 Å². The highest BCUT2D eigenvalue weighted by Gasteiger charge is 2.48. The molecule has 0 saturated carbocycles. The van der Waals surface area contributed by atoms with Crippen molar-refractivity contribution in [1.29, 1.82) is 5.26 Å². The third kappa shape index (κ3) is 8.07. The van der Waals surface area contributed by atoms with E-state index in [-0.39, 0.29) is 36.1 Å². The fourth-order valence-electron chi connectivity index (χ4n) is 9.77. The van der Waals surface area contributed by atoms with Gasteiger partial charge in [0.1, 0.15) is 23.7 Å². The number of ether oxygens (including phenoxy) is 3. The average molecular weight is 900 g/mol. The molecule has 9 rings (SSSR count). The van der Waals surface area contributed by atoms with Crippen LogP contribution in [0.1, 0.15) is 64.8 Å². The molecule has 4 fully saturated rings. The molecule has 15 nitrogen and oxygen atoms in total. The predicted octanol–water partition coefficient (Wildman–Crippen LogP) is 6.16. The molecule has 5 aliphatic rings. The number of nitrogens with zero attached hydrogens (tertiary/aromatic N) is 6. The minimum absolute atomic E-state index is 0.0181. The number of nitrogens with one attached hydrogen (secondary N) is 2. The first-order chi connectivity index (χ1) is 30.4. The number of carbonyl (C=O) groups is 4. The highest BCUT2D eigenvalue weighted by atomic mass is 35.5. The number of rotatable bonds is 13. The number of likely N-dealkylation sites (tertiary alicyclic amines) is 2. The summed E-state index contributed by atoms with van der Waals surface area (Å²) in [6, 6.07) is 10.9. The Balaban J connectivity index is 0.754. The number of fused-ring (bicyclic) bond motifs is 4. The first-order valence-electron chi connectivity index (χ1n) is 21.1. The molecule has 4 aromatic rings. The maximum atomic E-state index is 15.6. The largest absolute Gasteiger partial charge is 0.495 e. The van der Waals surface area contributed by atoms with Crippen molar-refractivity contribution in [3.8, 4) is 23.3 Å². The van der Waals surface area contributed by atoms with Gasteiger partial charge in [0.15, 0.2) is 11.5 Å². The van der Waals surface area contributed by atoms with Crippen molar-refractivity contribution in [2.75, 3.05) is 70.3 Å². The standard InChI is InChI=1S/C45H45Cl2FN8O7/c1-61-38-18-35(31(46)16-32(38)47)51-42-25(19-49)20-50-34-17-40(39(62-2)15-30(34)42)63-11-3-8-53-9-6-24(7-10-53)21-54-22-27-12-26(54)23-55(27)37-14-29-28(13-33(37)48)44(59)56(45(29)60)36-4-5-41(57)52-43(36)58/h13-18,20,24,26-27,36H,3-12,21-23H2,1-2H3,(H,50,51)(H,52,57,58). The van der Waals surface area contributed by atoms with E-state index in [2.05, 4.69) is 31.5 Å². The van der Waals surface area contributed by atoms with Crippen molar-refractivity contribution >= 4 is 74.8 Å². The van der Waals surface area contributed by atoms with Crippen LogP contribution in [0.2, 0.25) is 10.0 Å². The summed E-state index contributed by atoms with van der Waals surface area (Å²) in [5.41, 5.74) is 2.28. The van der Waals surface area contributed by atoms with Gasteiger partial charge in [-0.05, 0) is 75.4 Å². The maximum Gasteiger partial charge on any atom is 0.262 e. The molecule has 63 heavy (non-hydrogen) atoms. The number of benzene rings is 3. The van der Waals surface area contributed by atoms with E-state index in [4.69, 9.17) is 37.4 Å². The summed E-state index contributed by atoms with van der Waals surface area (Å²) in [4.78, 5) is 63.2. The molecular formula is C45H45Cl2FN8O7. The van der Waals surface area contributed by atoms with Gasteiger partial charge in [0, 0.05) is 68.4 Å². The van der Waals surface area contributed by atoms with E-state index < -0.39 is 35.5 Å². The Bertz CT molecular complexity index is 2580. The number of hydrogen-bond acceptors (Lipinski definition) is 13. The minimum atomic E-state index is -1.10. The molecule has 2 bridgehead atoms. The van der Waals surface area contributed by atoms with E-state index in [1.165, 1.54) is 19.4 Å². The Morgan fingerprint density at radius 3 is 2.38 bits per heavy atom. The normalized spacial score (nSPS) is 21.6. The lowest BCUT2D eigenvalue weighted by atomic mass is 9.95. The third-order valence-corrected chi connectivity index (χ3v) is 13.6. The number of anilines is 3. The van der Waals surface area contributed by atoms with Gasteiger partial charge in [-0.15, -0.1) is 0 Å². The van der Waals surface area contributed by atoms with Gasteiger partial charge >= 0.3 is 0 Å². The van der Waals surface area contributed by atoms with Crippen molar-refractivity contribution < 1.29 is 37.8 Å². The number of piperazine rings is 1. The van der Waals surface area contributed by atoms with Gasteiger partial charge in [-0.3, -0.25) is 39.3 Å². The number of amides is 4. The first kappa shape index (κ1) is 42.6. The SMILES string of the molecule is COc1cc(Nc2c(C#N)cnc3cc(OCCCN4CCC(CN5CC6CC5CN6c5cc6c(cc5F)C(=O)N(C5CCC(=O)NC5=O)C6=O)CC4)c(OC)cc23)c(Cl)cc1Cl. The number of imide groups is 2. The molecule has 0 spiro atoms. The molecule has 0 radical (unpaired) electrons. The van der Waals surface area contributed by atoms with E-state index >= 15 is 4.39 Å². The van der Waals surface area contributed by atoms with Crippen LogP contribution in [0.15, 0.2) is 42.6 Å². The Labute approximate surface area is 372 Å². The van der Waals surface area contributed by atoms with Gasteiger partial charge in [0.05, 0.1) is 70.1 Å². The second kappa shape index (κ2) is 17.4. The number of piperidine rings is 2. The van der Waals surface area contributed by atoms with Crippen LogP contribution in [0.4, 0.5) is 21.5 Å². The Morgan fingerprint density at radius 1 is 0.921 bits per heavy atom. The zero-order valence-corrected chi connectivity index (χ0v) is 36.2. The topological polar surface area (TPSA) is 170 Å². The smallest absolute Gasteiger partial charge is 0.262 e. The monoisotopic (exact) mass is 898 g/mol. The highest BCUT2D eigenvalue weighted by molar-refractivity contribution is 6.37. The summed E-state index contributed by atoms with van der Waals surface area (Å²) in [7, 11) is 3.08. The molecule has 4 saturated heterocycles. The number of carbonyl (C=O) groups excluding carboxylic acids is 4. The molecule has 328 valence electrons. The summed E-state index contributed by atoms with van der Waals surface area (Å²) in [6.45, 7) is 5.76. The number of pyridine rings is 1. The van der Waals surface area contributed by atoms with Crippen molar-refractivity contribution in [2.24, 2.45) is 5.92 Å². The molecular weight excluding hydrogens is 854 g/mol. The van der Waals surface area contributed by atoms with E-state index in [1.54, 1.807) is 25.3 Å². The highest BCUT2D eigenvalue weighted by Crippen LogP contribution is 2.42. The molecule has 18 heteroatoms. The molecule has 1 aromatic heterocycles. The number of hydrogen-bond donors (Lipinski definition) is 2. The third-order valence-electron chi connectivity index (χ3n) is 13.0. The number of methoxy groups -OCH3 is 2. The minimum Gasteiger partial charge on any atom is -0.495 e. The van der Waals surface area contributed by atoms with Gasteiger partial charge < -0.3 is 29.3 Å². The fraction of sp³-hybridized carbons (Fsp3) is 0.422. The lowest BCUT2D eigenvalue weighted by Gasteiger charge is -2.39. The van der Waals surface area contributed by atoms with Crippen LogP contribution in [0.25, 0.3) is 10.9 Å². The van der Waals surface area contributed by atoms with Gasteiger partial charge in [-0.1, -0.05) is 23.2 Å². The zero-order valence-electron chi connectivity index (χ0n) is 34.7. The summed E-state index contributed by atoms with van der Waals surface area (Å²) in [6.07, 6.45) is 5.44. The van der Waals surface area contributed by atoms with E-state index in [0.717, 1.165) is 69.4 Å². The molecule has 3 unspecified atom stereocenters. The van der Waals surface area contributed by atoms with E-state index in [1.807, 2.05) is 11.0 Å². The second-order valence-electron chi connectivity index (χ2n) is 16.7. The van der Waals surface area contributed by atoms with Crippen LogP contribution >= 0.6 is 23.2 Å². The van der Waals surface area contributed by atoms with Crippen molar-refractivity contribution in [2.45, 2.75) is 56.7 Å². The zero-order chi connectivity index (χ0) is 44.1. The molecule has 2 N–H and O–H groups in total. The second-order valence-corrected chi connectivity index (χ2v) is 17.5. The fourth-order valence-corrected chi connectivity index (χ4v) is 10.3. The summed E-state index contributed by atoms with van der Waals surface area (Å²) in [5.74, 6) is -1.02. The molecule has 5 aliphatic heterocycles. The van der Waals surface area contributed by atoms with Crippen LogP contribution in [0.3, 0.4) is 0 Å². The Kier molecular flexibility index (Phi) is 11.8. The van der Waals surface area contributed by atoms with Gasteiger partial charge in [0.2, 0.25) is 11.8 Å². The number of aromatic nitrogens is 1. The van der Waals surface area contributed by atoms with Gasteiger partial charge in [-0.2, -0.15) is 5.26 Å². The van der Waals surface area contributed by atoms with Crippen LogP contribution < -0.4 is 29.7 Å². The van der Waals surface area contributed by atoms with Crippen LogP contribution in [0, 0.1) is 23.1 Å². The maximum absolute atomic E-state index is 15.6. The van der Waals surface area contributed by atoms with Gasteiger partial charge in [-0.25, -0.2) is 4.39 Å². The molecule has 4 amide bonds. The van der Waals surface area contributed by atoms with E-state index in [9.17, 15) is 24.4 Å². The lowest BCUT2D eigenvalue weighted by molar-refractivity contribution is -0.136. The molecule has 6 heterocycles. The first-order valence-corrected chi connectivity index (χ1v) is 21.8. The Hall–Kier alpha value is -5.73. The molecule has 0 aliphatic carbocycles. The molecule has 3 aromatic carbocycles. The van der Waals surface area contributed by atoms with Crippen LogP contribution in [0.5, 0.6) is 17.2 Å². The summed E-state index contributed by atoms with van der Waals surface area (Å²) < 4.78 is 33.0. The summed E-state index contributed by atoms with van der Waals surface area (Å²) in [5, 5.41) is 16.7. The van der Waals surface area contributed by atoms with Crippen molar-refractivity contribution in [3.05, 3.63) is 75.1 Å². The molecule has 3 atom stereocenters. The lowest BCUT2D eigenvalue weighted by Crippen LogP contribution is -2.54. The average Bonchev–Trinajstić information content (AvgIpc) is 3.94. The van der Waals surface area contributed by atoms with Gasteiger partial charge in [0.25, 0.3) is 11.8 Å². The number of nitriles is 1. The van der Waals surface area contributed by atoms with Crippen molar-refractivity contribution in [1.82, 2.24) is 25.0 Å². The van der Waals surface area contributed by atoms with E-state index in [0.29, 0.717) is 79.9 Å². The summed E-state index contributed by atoms with van der Waals surface area (Å²) >= 11 is 12.7. The van der Waals surface area contributed by atoms with Crippen LogP contribution in [-0.2, 0) is 9.59 Å². The van der Waals surface area contributed by atoms with Crippen molar-refractivity contribution in [3.63, 3.8) is 0 Å².